The minimum Gasteiger partial charge on any atom is -0.394 e. The van der Waals surface area contributed by atoms with Gasteiger partial charge in [0, 0.05) is 0 Å². The molecule has 0 unspecified atom stereocenters. The number of rotatable bonds is 3. The van der Waals surface area contributed by atoms with E-state index >= 15 is 0 Å². The van der Waals surface area contributed by atoms with Gasteiger partial charge in [-0.15, -0.1) is 11.8 Å². The fraction of sp³-hybridized carbons (Fsp3) is 0.545. The van der Waals surface area contributed by atoms with Crippen LogP contribution < -0.4 is 0 Å². The molecule has 2 aromatic heterocycles. The molecule has 0 aliphatic carbocycles. The number of aromatic nitrogens is 4. The fourth-order valence-electron chi connectivity index (χ4n) is 2.28. The first-order valence-corrected chi connectivity index (χ1v) is 7.23. The van der Waals surface area contributed by atoms with Crippen LogP contribution in [0.1, 0.15) is 6.23 Å². The Kier molecular flexibility index (Phi) is 3.61. The molecule has 3 heterocycles. The summed E-state index contributed by atoms with van der Waals surface area (Å²) in [6, 6.07) is 0. The monoisotopic (exact) mass is 298 g/mol. The molecule has 20 heavy (non-hydrogen) atoms. The first-order valence-electron chi connectivity index (χ1n) is 6.01. The minimum atomic E-state index is -1.16. The van der Waals surface area contributed by atoms with E-state index in [4.69, 9.17) is 9.84 Å². The smallest absolute Gasteiger partial charge is 0.166 e. The van der Waals surface area contributed by atoms with Gasteiger partial charge in [-0.25, -0.2) is 15.0 Å². The molecule has 0 amide bonds. The minimum absolute atomic E-state index is 0.369. The molecule has 1 aliphatic heterocycles. The standard InChI is InChI=1S/C11H14N4O4S/c1-20-10-6-9(12-3-13-10)15(4-14-6)11-8(18)7(17)5(2-16)19-11/h3-5,7-8,11,16-18H,2H2,1H3/t5-,7-,8-,11-/m0/s1. The van der Waals surface area contributed by atoms with Crippen LogP contribution in [0.15, 0.2) is 17.7 Å². The SMILES string of the molecule is CSc1ncnc2c1ncn2[C@H]1O[C@@H](CO)[C@H](O)[C@@H]1O. The third-order valence-corrected chi connectivity index (χ3v) is 4.00. The van der Waals surface area contributed by atoms with E-state index in [0.29, 0.717) is 11.2 Å². The predicted octanol–water partition coefficient (Wildman–Crippen LogP) is -0.840. The second kappa shape index (κ2) is 5.26. The zero-order chi connectivity index (χ0) is 14.3. The number of fused-ring (bicyclic) bond motifs is 1. The highest BCUT2D eigenvalue weighted by molar-refractivity contribution is 7.98. The molecule has 0 radical (unpaired) electrons. The molecule has 4 atom stereocenters. The molecule has 9 heteroatoms. The summed E-state index contributed by atoms with van der Waals surface area (Å²) in [6.45, 7) is -0.369. The van der Waals surface area contributed by atoms with E-state index < -0.39 is 24.5 Å². The highest BCUT2D eigenvalue weighted by atomic mass is 32.2. The van der Waals surface area contributed by atoms with Crippen LogP contribution in [-0.2, 0) is 4.74 Å². The molecule has 0 aromatic carbocycles. The summed E-state index contributed by atoms with van der Waals surface area (Å²) in [5, 5.41) is 29.7. The van der Waals surface area contributed by atoms with Gasteiger partial charge in [-0.3, -0.25) is 4.57 Å². The Balaban J connectivity index is 2.03. The van der Waals surface area contributed by atoms with Gasteiger partial charge >= 0.3 is 0 Å². The second-order valence-electron chi connectivity index (χ2n) is 4.44. The number of imidazole rings is 1. The van der Waals surface area contributed by atoms with Gasteiger partial charge in [0.15, 0.2) is 11.9 Å². The first kappa shape index (κ1) is 13.7. The number of ether oxygens (including phenoxy) is 1. The second-order valence-corrected chi connectivity index (χ2v) is 5.23. The zero-order valence-corrected chi connectivity index (χ0v) is 11.4. The summed E-state index contributed by atoms with van der Waals surface area (Å²) in [5.41, 5.74) is 1.12. The van der Waals surface area contributed by atoms with Crippen LogP contribution in [0.4, 0.5) is 0 Å². The summed E-state index contributed by atoms with van der Waals surface area (Å²) < 4.78 is 7.01. The van der Waals surface area contributed by atoms with Crippen LogP contribution in [-0.4, -0.2) is 66.0 Å². The Hall–Kier alpha value is -1.26. The Bertz CT molecular complexity index is 621. The molecular weight excluding hydrogens is 284 g/mol. The molecule has 3 N–H and O–H groups in total. The Morgan fingerprint density at radius 2 is 2.10 bits per heavy atom. The molecule has 0 spiro atoms. The topological polar surface area (TPSA) is 114 Å². The van der Waals surface area contributed by atoms with Gasteiger partial charge in [0.2, 0.25) is 0 Å². The number of nitrogens with zero attached hydrogens (tertiary/aromatic N) is 4. The largest absolute Gasteiger partial charge is 0.394 e. The van der Waals surface area contributed by atoms with Crippen molar-refractivity contribution in [3.63, 3.8) is 0 Å². The lowest BCUT2D eigenvalue weighted by molar-refractivity contribution is -0.0511. The van der Waals surface area contributed by atoms with Crippen molar-refractivity contribution in [2.45, 2.75) is 29.6 Å². The van der Waals surface area contributed by atoms with Crippen molar-refractivity contribution in [1.29, 1.82) is 0 Å². The van der Waals surface area contributed by atoms with E-state index in [0.717, 1.165) is 5.03 Å². The third kappa shape index (κ3) is 1.98. The van der Waals surface area contributed by atoms with Crippen molar-refractivity contribution in [1.82, 2.24) is 19.5 Å². The number of aliphatic hydroxyl groups excluding tert-OH is 3. The van der Waals surface area contributed by atoms with Crippen molar-refractivity contribution < 1.29 is 20.1 Å². The zero-order valence-electron chi connectivity index (χ0n) is 10.6. The summed E-state index contributed by atoms with van der Waals surface area (Å²) in [7, 11) is 0. The first-order chi connectivity index (χ1) is 9.67. The summed E-state index contributed by atoms with van der Waals surface area (Å²) in [6.07, 6.45) is 0.813. The average molecular weight is 298 g/mol. The fourth-order valence-corrected chi connectivity index (χ4v) is 2.77. The molecule has 1 saturated heterocycles. The third-order valence-electron chi connectivity index (χ3n) is 3.31. The molecule has 1 aliphatic rings. The lowest BCUT2D eigenvalue weighted by Gasteiger charge is -2.16. The molecule has 1 fully saturated rings. The van der Waals surface area contributed by atoms with Crippen LogP contribution in [0.5, 0.6) is 0 Å². The number of hydrogen-bond acceptors (Lipinski definition) is 8. The van der Waals surface area contributed by atoms with E-state index in [1.807, 2.05) is 6.26 Å². The van der Waals surface area contributed by atoms with E-state index in [1.54, 1.807) is 4.57 Å². The lowest BCUT2D eigenvalue weighted by atomic mass is 10.1. The van der Waals surface area contributed by atoms with Gasteiger partial charge in [0.05, 0.1) is 12.9 Å². The van der Waals surface area contributed by atoms with Gasteiger partial charge in [0.25, 0.3) is 0 Å². The van der Waals surface area contributed by atoms with Gasteiger partial charge in [0.1, 0.15) is 35.2 Å². The van der Waals surface area contributed by atoms with Gasteiger partial charge in [-0.1, -0.05) is 0 Å². The van der Waals surface area contributed by atoms with Crippen molar-refractivity contribution in [3.05, 3.63) is 12.7 Å². The van der Waals surface area contributed by atoms with Gasteiger partial charge in [-0.2, -0.15) is 0 Å². The van der Waals surface area contributed by atoms with Crippen LogP contribution >= 0.6 is 11.8 Å². The lowest BCUT2D eigenvalue weighted by Crippen LogP contribution is -2.33. The maximum Gasteiger partial charge on any atom is 0.166 e. The van der Waals surface area contributed by atoms with Crippen LogP contribution in [0.2, 0.25) is 0 Å². The quantitative estimate of drug-likeness (QED) is 0.496. The van der Waals surface area contributed by atoms with Crippen molar-refractivity contribution >= 4 is 22.9 Å². The predicted molar refractivity (Wildman–Crippen MR) is 70.1 cm³/mol. The number of thioether (sulfide) groups is 1. The molecule has 0 saturated carbocycles. The van der Waals surface area contributed by atoms with E-state index in [1.165, 1.54) is 24.4 Å². The summed E-state index contributed by atoms with van der Waals surface area (Å²) >= 11 is 1.44. The van der Waals surface area contributed by atoms with Crippen LogP contribution in [0.3, 0.4) is 0 Å². The Morgan fingerprint density at radius 1 is 1.30 bits per heavy atom. The van der Waals surface area contributed by atoms with Crippen LogP contribution in [0, 0.1) is 0 Å². The van der Waals surface area contributed by atoms with Crippen molar-refractivity contribution in [2.75, 3.05) is 12.9 Å². The maximum atomic E-state index is 10.0. The van der Waals surface area contributed by atoms with Crippen molar-refractivity contribution in [2.24, 2.45) is 0 Å². The maximum absolute atomic E-state index is 10.0. The normalized spacial score (nSPS) is 30.2. The van der Waals surface area contributed by atoms with E-state index in [2.05, 4.69) is 15.0 Å². The average Bonchev–Trinajstić information content (AvgIpc) is 3.01. The molecule has 2 aromatic rings. The molecule has 3 rings (SSSR count). The summed E-state index contributed by atoms with van der Waals surface area (Å²) in [4.78, 5) is 12.5. The Labute approximate surface area is 118 Å². The highest BCUT2D eigenvalue weighted by Crippen LogP contribution is 2.32. The van der Waals surface area contributed by atoms with Crippen molar-refractivity contribution in [3.8, 4) is 0 Å². The van der Waals surface area contributed by atoms with E-state index in [9.17, 15) is 10.2 Å². The van der Waals surface area contributed by atoms with Gasteiger partial charge in [-0.05, 0) is 6.26 Å². The molecular formula is C11H14N4O4S. The molecule has 108 valence electrons. The number of aliphatic hydroxyl groups is 3. The summed E-state index contributed by atoms with van der Waals surface area (Å²) in [5.74, 6) is 0. The number of hydrogen-bond donors (Lipinski definition) is 3. The Morgan fingerprint density at radius 3 is 2.75 bits per heavy atom. The van der Waals surface area contributed by atoms with Crippen LogP contribution in [0.25, 0.3) is 11.2 Å². The highest BCUT2D eigenvalue weighted by Gasteiger charge is 2.43. The molecule has 8 nitrogen and oxygen atoms in total. The van der Waals surface area contributed by atoms with Gasteiger partial charge < -0.3 is 20.1 Å². The van der Waals surface area contributed by atoms with E-state index in [-0.39, 0.29) is 6.61 Å². The molecule has 0 bridgehead atoms.